The summed E-state index contributed by atoms with van der Waals surface area (Å²) >= 11 is 0. The number of likely N-dealkylation sites (tertiary alicyclic amines) is 3. The van der Waals surface area contributed by atoms with Gasteiger partial charge in [0, 0.05) is 37.4 Å². The summed E-state index contributed by atoms with van der Waals surface area (Å²) in [4.78, 5) is 133. The zero-order valence-corrected chi connectivity index (χ0v) is 49.4. The van der Waals surface area contributed by atoms with Crippen LogP contribution in [0.2, 0.25) is 0 Å². The topological polar surface area (TPSA) is 341 Å². The van der Waals surface area contributed by atoms with E-state index in [2.05, 4.69) is 36.2 Å². The number of nitroso groups, excluding NO2 is 3. The number of alkyl halides is 3. The molecule has 3 aromatic rings. The number of hydrogen-bond donors (Lipinski definition) is 6. The van der Waals surface area contributed by atoms with Crippen molar-refractivity contribution in [1.29, 1.82) is 0 Å². The van der Waals surface area contributed by atoms with E-state index in [1.807, 2.05) is 112 Å². The number of esters is 1. The van der Waals surface area contributed by atoms with E-state index in [-0.39, 0.29) is 31.1 Å². The van der Waals surface area contributed by atoms with Crippen molar-refractivity contribution >= 4 is 47.4 Å². The summed E-state index contributed by atoms with van der Waals surface area (Å²) in [6.07, 6.45) is -2.14. The zero-order chi connectivity index (χ0) is 64.3. The van der Waals surface area contributed by atoms with Crippen molar-refractivity contribution in [3.05, 3.63) is 122 Å². The van der Waals surface area contributed by atoms with Crippen molar-refractivity contribution < 1.29 is 71.6 Å². The fourth-order valence-electron chi connectivity index (χ4n) is 10.7. The maximum atomic E-state index is 13.3. The van der Waals surface area contributed by atoms with Gasteiger partial charge in [-0.2, -0.15) is 13.2 Å². The number of halogens is 3. The number of carboxylic acids is 3. The number of carboxylic acid groups (broad SMARTS) is 3. The van der Waals surface area contributed by atoms with Gasteiger partial charge in [0.25, 0.3) is 0 Å². The molecule has 0 bridgehead atoms. The van der Waals surface area contributed by atoms with Crippen LogP contribution in [-0.2, 0) is 62.4 Å². The molecule has 6 N–H and O–H groups in total. The summed E-state index contributed by atoms with van der Waals surface area (Å²) in [5.74, 6) is -7.37. The molecule has 3 aliphatic heterocycles. The van der Waals surface area contributed by atoms with E-state index in [4.69, 9.17) is 0 Å². The number of methoxy groups -OCH3 is 1. The Labute approximate surface area is 496 Å². The summed E-state index contributed by atoms with van der Waals surface area (Å²) < 4.78 is 44.6. The number of rotatable bonds is 26. The molecule has 3 amide bonds. The van der Waals surface area contributed by atoms with Gasteiger partial charge in [-0.05, 0) is 109 Å². The second kappa shape index (κ2) is 31.5. The standard InChI is InChI=1S/C20H27N3O6.C20H27N3O5.C19H24F3N3O4/c1-13(9-10-15-7-5-4-6-8-15)21-14(2)17(24)23-12-20(22-28,19(27)29-3)11-16(23)18(25)26;1-13(9-10-16-7-5-4-6-8-16)21-14(2)18(25)23-12-20(22-28,15(3)24)11-17(23)19(26)27;1-12(8-9-14-6-4-3-5-7-14)23-13(2)16(26)25-11-18(24-29,19(20,21)22)10-15(25)17(27)28/h4-8,13-14,16,21H,9-12H2,1-3H3,(H,25,26);4-8,13-14,17,21H,9-12H2,1-3H3,(H,26,27);3-7,12-13,15,23H,8-11H2,1-2H3,(H,27,28)/t13-,14+,16+,20?;13-,14+,17+,20?;12-,13+,15+,18?/m111/s1. The molecule has 3 aromatic carbocycles. The molecule has 3 heterocycles. The predicted molar refractivity (Wildman–Crippen MR) is 308 cm³/mol. The number of Topliss-reactive ketones (excluding diaryl/α,β-unsaturated/α-hetero) is 1. The van der Waals surface area contributed by atoms with Crippen molar-refractivity contribution in [3.8, 4) is 0 Å². The van der Waals surface area contributed by atoms with E-state index in [1.165, 1.54) is 25.0 Å². The lowest BCUT2D eigenvalue weighted by molar-refractivity contribution is -0.182. The van der Waals surface area contributed by atoms with E-state index >= 15 is 0 Å². The number of aliphatic carboxylic acids is 3. The fourth-order valence-corrected chi connectivity index (χ4v) is 10.7. The molecule has 0 spiro atoms. The maximum Gasteiger partial charge on any atom is 0.418 e. The molecule has 470 valence electrons. The molecular formula is C59H78F3N9O15. The Hall–Kier alpha value is -7.91. The summed E-state index contributed by atoms with van der Waals surface area (Å²) in [6, 6.07) is 22.9. The van der Waals surface area contributed by atoms with Gasteiger partial charge in [-0.3, -0.25) is 19.2 Å². The zero-order valence-electron chi connectivity index (χ0n) is 49.4. The third-order valence-electron chi connectivity index (χ3n) is 15.8. The first-order chi connectivity index (χ1) is 40.4. The number of ether oxygens (including phenoxy) is 1. The van der Waals surface area contributed by atoms with Gasteiger partial charge >= 0.3 is 30.1 Å². The van der Waals surface area contributed by atoms with Crippen LogP contribution in [0.3, 0.4) is 0 Å². The first kappa shape index (κ1) is 70.6. The van der Waals surface area contributed by atoms with Crippen LogP contribution in [0.4, 0.5) is 13.2 Å². The minimum atomic E-state index is -5.04. The highest BCUT2D eigenvalue weighted by Crippen LogP contribution is 2.44. The highest BCUT2D eigenvalue weighted by molar-refractivity contribution is 5.94. The van der Waals surface area contributed by atoms with E-state index in [0.717, 1.165) is 54.6 Å². The number of ketones is 1. The molecule has 0 saturated carbocycles. The maximum absolute atomic E-state index is 13.3. The fraction of sp³-hybridized carbons (Fsp3) is 0.559. The van der Waals surface area contributed by atoms with Crippen LogP contribution >= 0.6 is 0 Å². The number of carbonyl (C=O) groups is 8. The number of nitrogens with zero attached hydrogens (tertiary/aromatic N) is 6. The van der Waals surface area contributed by atoms with Crippen LogP contribution in [0, 0.1) is 14.7 Å². The minimum absolute atomic E-state index is 0.00500. The van der Waals surface area contributed by atoms with E-state index in [0.29, 0.717) is 11.3 Å². The minimum Gasteiger partial charge on any atom is -0.480 e. The van der Waals surface area contributed by atoms with Gasteiger partial charge < -0.3 is 50.7 Å². The Morgan fingerprint density at radius 3 is 1.10 bits per heavy atom. The molecule has 12 atom stereocenters. The van der Waals surface area contributed by atoms with Crippen LogP contribution in [-0.4, -0.2) is 181 Å². The highest BCUT2D eigenvalue weighted by Gasteiger charge is 2.65. The van der Waals surface area contributed by atoms with Gasteiger partial charge in [-0.1, -0.05) is 101 Å². The Bertz CT molecular complexity index is 2840. The number of nitrogens with one attached hydrogen (secondary N) is 3. The Kier molecular flexibility index (Phi) is 25.8. The molecule has 27 heteroatoms. The molecule has 3 saturated heterocycles. The van der Waals surface area contributed by atoms with Crippen molar-refractivity contribution in [2.24, 2.45) is 15.5 Å². The second-order valence-corrected chi connectivity index (χ2v) is 22.4. The number of amides is 3. The monoisotopic (exact) mass is 1210 g/mol. The smallest absolute Gasteiger partial charge is 0.418 e. The van der Waals surface area contributed by atoms with E-state index in [1.54, 1.807) is 13.8 Å². The highest BCUT2D eigenvalue weighted by atomic mass is 19.4. The Morgan fingerprint density at radius 1 is 0.523 bits per heavy atom. The molecule has 0 aliphatic carbocycles. The van der Waals surface area contributed by atoms with Crippen molar-refractivity contribution in [2.75, 3.05) is 26.7 Å². The largest absolute Gasteiger partial charge is 0.480 e. The van der Waals surface area contributed by atoms with Crippen LogP contribution in [0.5, 0.6) is 0 Å². The SMILES string of the molecule is CC(=O)C1(N=O)C[C@@H](C(=O)O)N(C(=O)[C@H](C)N[C@H](C)CCc2ccccc2)C1.COC(=O)C1(N=O)C[C@@H](C(=O)O)N(C(=O)[C@H](C)N[C@H](C)CCc2ccccc2)C1.C[C@H](CCc1ccccc1)N[C@@H](C)C(=O)N1CC(N=O)(C(F)(F)F)C[C@H]1C(=O)O. The quantitative estimate of drug-likeness (QED) is 0.0405. The normalized spacial score (nSPS) is 23.8. The summed E-state index contributed by atoms with van der Waals surface area (Å²) in [5.41, 5.74) is -3.19. The van der Waals surface area contributed by atoms with Gasteiger partial charge in [0.1, 0.15) is 18.1 Å². The van der Waals surface area contributed by atoms with Crippen LogP contribution in [0.1, 0.15) is 104 Å². The molecule has 3 unspecified atom stereocenters. The third kappa shape index (κ3) is 18.3. The van der Waals surface area contributed by atoms with Crippen molar-refractivity contribution in [3.63, 3.8) is 0 Å². The van der Waals surface area contributed by atoms with Crippen molar-refractivity contribution in [1.82, 2.24) is 30.7 Å². The molecule has 3 aliphatic rings. The first-order valence-corrected chi connectivity index (χ1v) is 28.1. The molecule has 86 heavy (non-hydrogen) atoms. The number of hydrogen-bond acceptors (Lipinski definition) is 18. The number of benzene rings is 3. The third-order valence-corrected chi connectivity index (χ3v) is 15.8. The van der Waals surface area contributed by atoms with Crippen LogP contribution in [0.25, 0.3) is 0 Å². The molecule has 24 nitrogen and oxygen atoms in total. The molecular weight excluding hydrogens is 1130 g/mol. The Morgan fingerprint density at radius 2 is 0.826 bits per heavy atom. The molecule has 6 rings (SSSR count). The first-order valence-electron chi connectivity index (χ1n) is 28.1. The van der Waals surface area contributed by atoms with Gasteiger partial charge in [0.2, 0.25) is 28.8 Å². The summed E-state index contributed by atoms with van der Waals surface area (Å²) in [5, 5.41) is 45.5. The van der Waals surface area contributed by atoms with Crippen LogP contribution < -0.4 is 16.0 Å². The number of carbonyl (C=O) groups excluding carboxylic acids is 5. The van der Waals surface area contributed by atoms with E-state index in [9.17, 15) is 81.6 Å². The lowest BCUT2D eigenvalue weighted by Gasteiger charge is -2.28. The summed E-state index contributed by atoms with van der Waals surface area (Å²) in [6.45, 7) is 9.86. The molecule has 3 fully saturated rings. The molecule has 0 aromatic heterocycles. The lowest BCUT2D eigenvalue weighted by atomic mass is 9.93. The van der Waals surface area contributed by atoms with Gasteiger partial charge in [0.05, 0.1) is 44.9 Å². The molecule has 0 radical (unpaired) electrons. The average Bonchev–Trinajstić information content (AvgIpc) is 1.87. The van der Waals surface area contributed by atoms with Crippen LogP contribution in [0.15, 0.2) is 107 Å². The summed E-state index contributed by atoms with van der Waals surface area (Å²) in [7, 11) is 1.09. The van der Waals surface area contributed by atoms with Gasteiger partial charge in [0.15, 0.2) is 11.3 Å². The van der Waals surface area contributed by atoms with Gasteiger partial charge in [-0.15, -0.1) is 14.7 Å². The van der Waals surface area contributed by atoms with Gasteiger partial charge in [-0.25, -0.2) is 19.2 Å². The average molecular weight is 1210 g/mol. The second-order valence-electron chi connectivity index (χ2n) is 22.4. The lowest BCUT2D eigenvalue weighted by Crippen LogP contribution is -2.52. The van der Waals surface area contributed by atoms with Crippen molar-refractivity contribution in [2.45, 2.75) is 183 Å². The Balaban J connectivity index is 0.000000276. The number of aryl methyl sites for hydroxylation is 3. The van der Waals surface area contributed by atoms with E-state index < -0.39 is 132 Å². The predicted octanol–water partition coefficient (Wildman–Crippen LogP) is 5.85.